The molecule has 1 aromatic rings. The van der Waals surface area contributed by atoms with Crippen molar-refractivity contribution >= 4 is 26.4 Å². The summed E-state index contributed by atoms with van der Waals surface area (Å²) in [5, 5.41) is 0. The van der Waals surface area contributed by atoms with Crippen molar-refractivity contribution in [3.05, 3.63) is 28.8 Å². The summed E-state index contributed by atoms with van der Waals surface area (Å²) in [6.07, 6.45) is 1.33. The van der Waals surface area contributed by atoms with E-state index in [0.717, 1.165) is 16.9 Å². The van der Waals surface area contributed by atoms with Gasteiger partial charge in [0.2, 0.25) is 6.79 Å². The minimum atomic E-state index is -2.15. The molecule has 0 aromatic heterocycles. The molecule has 0 saturated carbocycles. The number of amides is 2. The lowest BCUT2D eigenvalue weighted by Crippen LogP contribution is -2.49. The van der Waals surface area contributed by atoms with Gasteiger partial charge in [-0.3, -0.25) is 4.79 Å². The van der Waals surface area contributed by atoms with Gasteiger partial charge in [-0.1, -0.05) is 48.5 Å². The summed E-state index contributed by atoms with van der Waals surface area (Å²) in [4.78, 5) is 27.0. The van der Waals surface area contributed by atoms with Gasteiger partial charge >= 0.3 is 6.09 Å². The zero-order valence-corrected chi connectivity index (χ0v) is 22.3. The van der Waals surface area contributed by atoms with Gasteiger partial charge in [0.25, 0.3) is 5.91 Å². The van der Waals surface area contributed by atoms with Crippen LogP contribution >= 0.6 is 0 Å². The third-order valence-electron chi connectivity index (χ3n) is 7.86. The maximum absolute atomic E-state index is 13.6. The number of ether oxygens (including phenoxy) is 3. The first kappa shape index (κ1) is 24.8. The molecular weight excluding hydrogens is 450 g/mol. The molecule has 4 rings (SSSR count). The number of hydrogen-bond donors (Lipinski definition) is 0. The third kappa shape index (κ3) is 4.04. The minimum Gasteiger partial charge on any atom is -0.454 e. The SMILES string of the molecule is CC(C)[Si](OC[C@H]1C(C(=O)N2CCOC2=O)=Cc2cc3c(cc2[C@@H]1C)OCO3)(C(C)C)C(C)C. The molecule has 0 N–H and O–H groups in total. The quantitative estimate of drug-likeness (QED) is 0.459. The summed E-state index contributed by atoms with van der Waals surface area (Å²) in [6, 6.07) is 3.95. The number of carbonyl (C=O) groups is 2. The molecule has 2 atom stereocenters. The highest BCUT2D eigenvalue weighted by Gasteiger charge is 2.47. The monoisotopic (exact) mass is 487 g/mol. The number of nitrogens with zero attached hydrogens (tertiary/aromatic N) is 1. The van der Waals surface area contributed by atoms with Crippen LogP contribution in [0.2, 0.25) is 16.6 Å². The Morgan fingerprint density at radius 1 is 1.06 bits per heavy atom. The highest BCUT2D eigenvalue weighted by Crippen LogP contribution is 2.47. The molecule has 1 fully saturated rings. The zero-order valence-electron chi connectivity index (χ0n) is 21.3. The van der Waals surface area contributed by atoms with Crippen LogP contribution in [0.1, 0.15) is 65.5 Å². The van der Waals surface area contributed by atoms with Gasteiger partial charge in [-0.05, 0) is 51.9 Å². The summed E-state index contributed by atoms with van der Waals surface area (Å²) in [6.45, 7) is 16.8. The molecular formula is C26H37NO6Si. The molecule has 186 valence electrons. The highest BCUT2D eigenvalue weighted by molar-refractivity contribution is 6.77. The fourth-order valence-electron chi connectivity index (χ4n) is 6.18. The maximum atomic E-state index is 13.6. The molecule has 7 nitrogen and oxygen atoms in total. The van der Waals surface area contributed by atoms with E-state index in [9.17, 15) is 9.59 Å². The summed E-state index contributed by atoms with van der Waals surface area (Å²) in [7, 11) is -2.15. The van der Waals surface area contributed by atoms with Crippen LogP contribution in [-0.4, -0.2) is 51.8 Å². The van der Waals surface area contributed by atoms with Crippen LogP contribution in [0.3, 0.4) is 0 Å². The molecule has 1 aliphatic carbocycles. The molecule has 1 saturated heterocycles. The summed E-state index contributed by atoms with van der Waals surface area (Å²) in [5.41, 5.74) is 3.92. The van der Waals surface area contributed by atoms with Crippen LogP contribution in [-0.2, 0) is 14.0 Å². The Kier molecular flexibility index (Phi) is 6.84. The number of benzene rings is 1. The first-order valence-corrected chi connectivity index (χ1v) is 14.5. The molecule has 0 spiro atoms. The van der Waals surface area contributed by atoms with Crippen LogP contribution < -0.4 is 9.47 Å². The number of hydrogen-bond acceptors (Lipinski definition) is 6. The van der Waals surface area contributed by atoms with E-state index in [1.807, 2.05) is 18.2 Å². The van der Waals surface area contributed by atoms with E-state index in [-0.39, 0.29) is 37.7 Å². The molecule has 8 heteroatoms. The second kappa shape index (κ2) is 9.38. The van der Waals surface area contributed by atoms with E-state index in [0.29, 0.717) is 34.6 Å². The smallest absolute Gasteiger partial charge is 0.416 e. The number of carbonyl (C=O) groups excluding carboxylic acids is 2. The summed E-state index contributed by atoms with van der Waals surface area (Å²) in [5.74, 6) is 0.932. The second-order valence-corrected chi connectivity index (χ2v) is 16.0. The first-order chi connectivity index (χ1) is 16.1. The van der Waals surface area contributed by atoms with Gasteiger partial charge in [0.05, 0.1) is 6.54 Å². The van der Waals surface area contributed by atoms with Gasteiger partial charge in [-0.15, -0.1) is 0 Å². The predicted molar refractivity (Wildman–Crippen MR) is 133 cm³/mol. The van der Waals surface area contributed by atoms with Crippen molar-refractivity contribution in [1.82, 2.24) is 4.90 Å². The van der Waals surface area contributed by atoms with Gasteiger partial charge in [-0.2, -0.15) is 0 Å². The number of imide groups is 1. The van der Waals surface area contributed by atoms with E-state index in [2.05, 4.69) is 48.5 Å². The number of cyclic esters (lactones) is 1. The van der Waals surface area contributed by atoms with Gasteiger partial charge in [-0.25, -0.2) is 9.69 Å². The van der Waals surface area contributed by atoms with Crippen molar-refractivity contribution in [2.45, 2.75) is 71.0 Å². The molecule has 2 amide bonds. The number of rotatable bonds is 7. The molecule has 34 heavy (non-hydrogen) atoms. The topological polar surface area (TPSA) is 74.3 Å². The Labute approximate surface area is 203 Å². The Hall–Kier alpha value is -2.32. The van der Waals surface area contributed by atoms with E-state index in [4.69, 9.17) is 18.6 Å². The van der Waals surface area contributed by atoms with Gasteiger partial charge in [0.1, 0.15) is 6.61 Å². The van der Waals surface area contributed by atoms with Crippen molar-refractivity contribution in [2.75, 3.05) is 26.6 Å². The Balaban J connectivity index is 1.73. The first-order valence-electron chi connectivity index (χ1n) is 12.4. The van der Waals surface area contributed by atoms with Crippen LogP contribution in [0.25, 0.3) is 6.08 Å². The average Bonchev–Trinajstić information content (AvgIpc) is 3.41. The van der Waals surface area contributed by atoms with E-state index < -0.39 is 14.4 Å². The molecule has 2 aliphatic heterocycles. The third-order valence-corrected chi connectivity index (χ3v) is 13.9. The molecule has 3 aliphatic rings. The van der Waals surface area contributed by atoms with E-state index >= 15 is 0 Å². The largest absolute Gasteiger partial charge is 0.454 e. The summed E-state index contributed by atoms with van der Waals surface area (Å²) >= 11 is 0. The molecule has 2 heterocycles. The Morgan fingerprint density at radius 2 is 1.68 bits per heavy atom. The predicted octanol–water partition coefficient (Wildman–Crippen LogP) is 5.70. The van der Waals surface area contributed by atoms with Crippen LogP contribution in [0.4, 0.5) is 4.79 Å². The van der Waals surface area contributed by atoms with E-state index in [1.54, 1.807) is 0 Å². The highest BCUT2D eigenvalue weighted by atomic mass is 28.4. The van der Waals surface area contributed by atoms with Crippen molar-refractivity contribution < 1.29 is 28.2 Å². The summed E-state index contributed by atoms with van der Waals surface area (Å²) < 4.78 is 23.2. The Bertz CT molecular complexity index is 979. The fourth-order valence-corrected chi connectivity index (χ4v) is 11.6. The van der Waals surface area contributed by atoms with Crippen LogP contribution in [0.5, 0.6) is 11.5 Å². The lowest BCUT2D eigenvalue weighted by Gasteiger charge is -2.44. The normalized spacial score (nSPS) is 21.9. The van der Waals surface area contributed by atoms with Gasteiger partial charge in [0, 0.05) is 18.1 Å². The number of fused-ring (bicyclic) bond motifs is 2. The van der Waals surface area contributed by atoms with Gasteiger partial charge in [0.15, 0.2) is 19.8 Å². The van der Waals surface area contributed by atoms with Crippen LogP contribution in [0, 0.1) is 5.92 Å². The molecule has 0 unspecified atom stereocenters. The fraction of sp³-hybridized carbons (Fsp3) is 0.615. The van der Waals surface area contributed by atoms with Crippen molar-refractivity contribution in [3.63, 3.8) is 0 Å². The maximum Gasteiger partial charge on any atom is 0.416 e. The zero-order chi connectivity index (χ0) is 24.8. The standard InChI is InChI=1S/C26H37NO6Si/c1-15(2)34(16(3)4,17(5)6)33-13-22-18(7)20-12-24-23(31-14-32-24)11-19(20)10-21(22)25(28)27-8-9-30-26(27)29/h10-12,15-18,22H,8-9,13-14H2,1-7H3/t18-,22+/m0/s1. The van der Waals surface area contributed by atoms with Crippen molar-refractivity contribution in [1.29, 1.82) is 0 Å². The molecule has 0 radical (unpaired) electrons. The average molecular weight is 488 g/mol. The van der Waals surface area contributed by atoms with E-state index in [1.165, 1.54) is 4.90 Å². The molecule has 1 aromatic carbocycles. The lowest BCUT2D eigenvalue weighted by atomic mass is 9.75. The van der Waals surface area contributed by atoms with Crippen molar-refractivity contribution in [3.8, 4) is 11.5 Å². The Morgan fingerprint density at radius 3 is 2.24 bits per heavy atom. The minimum absolute atomic E-state index is 0.00487. The van der Waals surface area contributed by atoms with Crippen LogP contribution in [0.15, 0.2) is 17.7 Å². The lowest BCUT2D eigenvalue weighted by molar-refractivity contribution is -0.124. The van der Waals surface area contributed by atoms with Crippen molar-refractivity contribution in [2.24, 2.45) is 5.92 Å². The van der Waals surface area contributed by atoms with Gasteiger partial charge < -0.3 is 18.6 Å². The molecule has 0 bridgehead atoms. The second-order valence-electron chi connectivity index (χ2n) is 10.5.